The lowest BCUT2D eigenvalue weighted by molar-refractivity contribution is 0.0894. The number of hydrazine groups is 1. The molecule has 0 aromatic rings. The zero-order valence-electron chi connectivity index (χ0n) is 5.60. The van der Waals surface area contributed by atoms with E-state index in [-0.39, 0.29) is 6.15 Å². The van der Waals surface area contributed by atoms with Crippen LogP contribution in [0.25, 0.3) is 0 Å². The van der Waals surface area contributed by atoms with Crippen molar-refractivity contribution in [2.45, 2.75) is 0 Å². The van der Waals surface area contributed by atoms with Crippen LogP contribution in [0.3, 0.4) is 0 Å². The molecule has 0 fully saturated rings. The van der Waals surface area contributed by atoms with Crippen molar-refractivity contribution in [1.82, 2.24) is 16.2 Å². The van der Waals surface area contributed by atoms with Crippen LogP contribution in [0, 0.1) is 0 Å². The predicted molar refractivity (Wildman–Crippen MR) is 32.4 cm³/mol. The number of hydrogen-bond acceptors (Lipinski definition) is 3. The summed E-state index contributed by atoms with van der Waals surface area (Å²) in [5.74, 6) is 0. The molecule has 0 aliphatic carbocycles. The van der Waals surface area contributed by atoms with Gasteiger partial charge in [-0.25, -0.2) is 10.0 Å². The summed E-state index contributed by atoms with van der Waals surface area (Å²) in [6.07, 6.45) is 0. The van der Waals surface area contributed by atoms with Crippen LogP contribution in [0.2, 0.25) is 0 Å². The zero-order chi connectivity index (χ0) is 5.15. The van der Waals surface area contributed by atoms with Gasteiger partial charge in [0.15, 0.2) is 0 Å². The van der Waals surface area contributed by atoms with E-state index in [9.17, 15) is 0 Å². The van der Waals surface area contributed by atoms with Crippen LogP contribution in [0.5, 0.6) is 0 Å². The molecule has 7 heavy (non-hydrogen) atoms. The fraction of sp³-hybridized carbons (Fsp3) is 1.00. The van der Waals surface area contributed by atoms with Gasteiger partial charge in [0.05, 0.1) is 0 Å². The molecule has 0 saturated heterocycles. The summed E-state index contributed by atoms with van der Waals surface area (Å²) in [6.45, 7) is 0. The van der Waals surface area contributed by atoms with E-state index in [4.69, 9.17) is 0 Å². The Bertz CT molecular complexity index is 27.9. The zero-order valence-corrected chi connectivity index (χ0v) is 5.60. The molecule has 3 heteroatoms. The Balaban J connectivity index is 0. The Morgan fingerprint density at radius 1 is 0.714 bits per heavy atom. The first kappa shape index (κ1) is 9.99. The van der Waals surface area contributed by atoms with Gasteiger partial charge >= 0.3 is 0 Å². The molecule has 0 spiro atoms. The Morgan fingerprint density at radius 2 is 0.857 bits per heavy atom. The molecule has 3 N–H and O–H groups in total. The van der Waals surface area contributed by atoms with Gasteiger partial charge in [0.1, 0.15) is 0 Å². The molecule has 0 aliphatic heterocycles. The Morgan fingerprint density at radius 3 is 0.857 bits per heavy atom. The minimum Gasteiger partial charge on any atom is -0.344 e. The van der Waals surface area contributed by atoms with Crippen molar-refractivity contribution in [2.24, 2.45) is 0 Å². The SMILES string of the molecule is CN(C)N(C)C.N. The van der Waals surface area contributed by atoms with Crippen LogP contribution in [-0.4, -0.2) is 38.2 Å². The van der Waals surface area contributed by atoms with Gasteiger partial charge < -0.3 is 6.15 Å². The van der Waals surface area contributed by atoms with E-state index in [1.807, 2.05) is 38.2 Å². The molecule has 0 amide bonds. The van der Waals surface area contributed by atoms with Crippen molar-refractivity contribution in [3.05, 3.63) is 0 Å². The second-order valence-corrected chi connectivity index (χ2v) is 1.69. The number of nitrogens with zero attached hydrogens (tertiary/aromatic N) is 2. The van der Waals surface area contributed by atoms with E-state index < -0.39 is 0 Å². The maximum Gasteiger partial charge on any atom is 0.00151 e. The van der Waals surface area contributed by atoms with E-state index in [0.717, 1.165) is 0 Å². The summed E-state index contributed by atoms with van der Waals surface area (Å²) in [6, 6.07) is 0. The molecule has 0 unspecified atom stereocenters. The largest absolute Gasteiger partial charge is 0.344 e. The van der Waals surface area contributed by atoms with Crippen molar-refractivity contribution >= 4 is 0 Å². The molecule has 0 atom stereocenters. The van der Waals surface area contributed by atoms with Crippen molar-refractivity contribution in [1.29, 1.82) is 0 Å². The highest BCUT2D eigenvalue weighted by Crippen LogP contribution is 1.72. The highest BCUT2D eigenvalue weighted by molar-refractivity contribution is 4.21. The maximum absolute atomic E-state index is 2.00. The lowest BCUT2D eigenvalue weighted by Crippen LogP contribution is -2.28. The fourth-order valence-corrected chi connectivity index (χ4v) is 0. The smallest absolute Gasteiger partial charge is 0.00151 e. The van der Waals surface area contributed by atoms with Crippen LogP contribution in [-0.2, 0) is 0 Å². The Labute approximate surface area is 45.5 Å². The average molecular weight is 105 g/mol. The molecule has 0 saturated carbocycles. The first-order valence-corrected chi connectivity index (χ1v) is 1.99. The normalized spacial score (nSPS) is 9.43. The van der Waals surface area contributed by atoms with E-state index in [1.165, 1.54) is 0 Å². The first-order valence-electron chi connectivity index (χ1n) is 1.99. The molecule has 0 aromatic heterocycles. The van der Waals surface area contributed by atoms with Crippen molar-refractivity contribution in [2.75, 3.05) is 28.2 Å². The summed E-state index contributed by atoms with van der Waals surface area (Å²) in [5, 5.41) is 4.00. The molecular formula is C4H15N3. The van der Waals surface area contributed by atoms with Crippen LogP contribution < -0.4 is 6.15 Å². The van der Waals surface area contributed by atoms with E-state index >= 15 is 0 Å². The summed E-state index contributed by atoms with van der Waals surface area (Å²) in [7, 11) is 8.00. The van der Waals surface area contributed by atoms with Crippen LogP contribution >= 0.6 is 0 Å². The predicted octanol–water partition coefficient (Wildman–Crippen LogP) is 0.187. The van der Waals surface area contributed by atoms with Gasteiger partial charge in [-0.3, -0.25) is 0 Å². The second-order valence-electron chi connectivity index (χ2n) is 1.69. The molecule has 46 valence electrons. The van der Waals surface area contributed by atoms with E-state index in [1.54, 1.807) is 0 Å². The Kier molecular flexibility index (Phi) is 5.78. The molecule has 0 rings (SSSR count). The lowest BCUT2D eigenvalue weighted by atomic mass is 11.0. The van der Waals surface area contributed by atoms with Gasteiger partial charge in [-0.2, -0.15) is 0 Å². The summed E-state index contributed by atoms with van der Waals surface area (Å²) < 4.78 is 0. The number of hydrogen-bond donors (Lipinski definition) is 1. The van der Waals surface area contributed by atoms with E-state index in [0.29, 0.717) is 0 Å². The molecule has 0 bridgehead atoms. The third kappa shape index (κ3) is 5.88. The van der Waals surface area contributed by atoms with Gasteiger partial charge in [-0.05, 0) is 0 Å². The molecule has 0 radical (unpaired) electrons. The third-order valence-electron chi connectivity index (χ3n) is 0.800. The topological polar surface area (TPSA) is 41.5 Å². The molecule has 0 heterocycles. The highest BCUT2D eigenvalue weighted by Gasteiger charge is 1.84. The second kappa shape index (κ2) is 4.05. The summed E-state index contributed by atoms with van der Waals surface area (Å²) in [4.78, 5) is 0. The van der Waals surface area contributed by atoms with Crippen LogP contribution in [0.15, 0.2) is 0 Å². The molecule has 0 aromatic carbocycles. The minimum absolute atomic E-state index is 0. The summed E-state index contributed by atoms with van der Waals surface area (Å²) >= 11 is 0. The fourth-order valence-electron chi connectivity index (χ4n) is 0. The van der Waals surface area contributed by atoms with E-state index in [2.05, 4.69) is 0 Å². The summed E-state index contributed by atoms with van der Waals surface area (Å²) in [5.41, 5.74) is 0. The molecule has 3 nitrogen and oxygen atoms in total. The third-order valence-corrected chi connectivity index (χ3v) is 0.800. The van der Waals surface area contributed by atoms with Gasteiger partial charge in [0.2, 0.25) is 0 Å². The van der Waals surface area contributed by atoms with Crippen molar-refractivity contribution < 1.29 is 0 Å². The van der Waals surface area contributed by atoms with Gasteiger partial charge in [-0.15, -0.1) is 0 Å². The standard InChI is InChI=1S/C4H12N2.H3N/c1-5(2)6(3)4;/h1-4H3;1H3. The van der Waals surface area contributed by atoms with Crippen molar-refractivity contribution in [3.63, 3.8) is 0 Å². The van der Waals surface area contributed by atoms with Gasteiger partial charge in [0.25, 0.3) is 0 Å². The molecule has 0 aliphatic rings. The van der Waals surface area contributed by atoms with Crippen LogP contribution in [0.4, 0.5) is 0 Å². The Hall–Kier alpha value is -0.120. The van der Waals surface area contributed by atoms with Crippen LogP contribution in [0.1, 0.15) is 0 Å². The highest BCUT2D eigenvalue weighted by atomic mass is 15.6. The van der Waals surface area contributed by atoms with Gasteiger partial charge in [-0.1, -0.05) is 0 Å². The monoisotopic (exact) mass is 105 g/mol. The number of rotatable bonds is 1. The quantitative estimate of drug-likeness (QED) is 0.484. The minimum atomic E-state index is 0. The average Bonchev–Trinajstić information content (AvgIpc) is 1.36. The molecular weight excluding hydrogens is 90.1 g/mol. The van der Waals surface area contributed by atoms with Crippen molar-refractivity contribution in [3.8, 4) is 0 Å². The lowest BCUT2D eigenvalue weighted by Gasteiger charge is -2.17. The first-order chi connectivity index (χ1) is 2.64. The van der Waals surface area contributed by atoms with Gasteiger partial charge in [0, 0.05) is 28.2 Å². The maximum atomic E-state index is 2.00.